The van der Waals surface area contributed by atoms with Gasteiger partial charge >= 0.3 is 5.97 Å². The second kappa shape index (κ2) is 16.1. The predicted octanol–water partition coefficient (Wildman–Crippen LogP) is 6.55. The molecule has 1 amide bonds. The van der Waals surface area contributed by atoms with Crippen molar-refractivity contribution < 1.29 is 29.3 Å². The third-order valence-electron chi connectivity index (χ3n) is 9.30. The summed E-state index contributed by atoms with van der Waals surface area (Å²) in [5.41, 5.74) is 5.78. The third kappa shape index (κ3) is 8.50. The molecule has 3 N–H and O–H groups in total. The average molecular weight is 627 g/mol. The Bertz CT molecular complexity index is 1450. The van der Waals surface area contributed by atoms with Crippen LogP contribution in [0.5, 0.6) is 0 Å². The van der Waals surface area contributed by atoms with E-state index in [9.17, 15) is 14.7 Å². The van der Waals surface area contributed by atoms with Gasteiger partial charge in [-0.2, -0.15) is 0 Å². The van der Waals surface area contributed by atoms with Crippen LogP contribution in [-0.2, 0) is 32.2 Å². The van der Waals surface area contributed by atoms with Crippen molar-refractivity contribution in [1.82, 2.24) is 10.2 Å². The van der Waals surface area contributed by atoms with E-state index in [0.29, 0.717) is 12.6 Å². The van der Waals surface area contributed by atoms with Gasteiger partial charge in [0.25, 0.3) is 0 Å². The summed E-state index contributed by atoms with van der Waals surface area (Å²) in [4.78, 5) is 25.5. The topological polar surface area (TPSA) is 108 Å². The van der Waals surface area contributed by atoms with Crippen molar-refractivity contribution in [1.29, 1.82) is 0 Å². The minimum Gasteiger partial charge on any atom is -0.481 e. The lowest BCUT2D eigenvalue weighted by Gasteiger charge is -2.43. The average Bonchev–Trinajstić information content (AvgIpc) is 3.63. The third-order valence-corrected chi connectivity index (χ3v) is 9.30. The lowest BCUT2D eigenvalue weighted by atomic mass is 9.89. The van der Waals surface area contributed by atoms with Crippen LogP contribution < -0.4 is 5.32 Å². The second-order valence-corrected chi connectivity index (χ2v) is 12.5. The molecule has 1 saturated carbocycles. The summed E-state index contributed by atoms with van der Waals surface area (Å²) in [6.45, 7) is 8.16. The molecule has 46 heavy (non-hydrogen) atoms. The van der Waals surface area contributed by atoms with Crippen molar-refractivity contribution >= 4 is 11.9 Å². The molecule has 0 bridgehead atoms. The highest BCUT2D eigenvalue weighted by molar-refractivity contribution is 5.80. The lowest BCUT2D eigenvalue weighted by Crippen LogP contribution is -2.47. The fraction of sp³-hybridized carbons (Fsp3) is 0.421. The van der Waals surface area contributed by atoms with Gasteiger partial charge < -0.3 is 25.0 Å². The van der Waals surface area contributed by atoms with Crippen LogP contribution >= 0.6 is 0 Å². The predicted molar refractivity (Wildman–Crippen MR) is 178 cm³/mol. The molecule has 2 fully saturated rings. The number of hydrogen-bond donors (Lipinski definition) is 3. The molecule has 4 atom stereocenters. The molecule has 1 heterocycles. The number of carbonyl (C=O) groups excluding carboxylic acids is 1. The minimum atomic E-state index is -0.990. The largest absolute Gasteiger partial charge is 0.481 e. The van der Waals surface area contributed by atoms with Crippen LogP contribution in [0.1, 0.15) is 80.1 Å². The number of ether oxygens (including phenoxy) is 2. The second-order valence-electron chi connectivity index (χ2n) is 12.5. The van der Waals surface area contributed by atoms with Crippen molar-refractivity contribution in [2.75, 3.05) is 13.1 Å². The molecular formula is C38H46N2O6. The summed E-state index contributed by atoms with van der Waals surface area (Å²) in [6.07, 6.45) is 5.87. The maximum atomic E-state index is 12.2. The SMILES string of the molecule is C=CCN(C[C@H]1O[C@@H](c2ccc(-c3ccccc3CNC(=O)CCC(=O)O)cc2)O[C@@H](c2ccc(CO)cc2)[C@H]1C)C1CCCC1. The van der Waals surface area contributed by atoms with Crippen LogP contribution in [0.4, 0.5) is 0 Å². The molecule has 2 aliphatic rings. The van der Waals surface area contributed by atoms with Gasteiger partial charge in [0.15, 0.2) is 6.29 Å². The van der Waals surface area contributed by atoms with E-state index in [-0.39, 0.29) is 43.5 Å². The van der Waals surface area contributed by atoms with Gasteiger partial charge in [0.05, 0.1) is 25.2 Å². The highest BCUT2D eigenvalue weighted by Gasteiger charge is 2.40. The molecular weight excluding hydrogens is 580 g/mol. The first-order valence-electron chi connectivity index (χ1n) is 16.4. The molecule has 5 rings (SSSR count). The van der Waals surface area contributed by atoms with Crippen LogP contribution in [-0.4, -0.2) is 52.2 Å². The summed E-state index contributed by atoms with van der Waals surface area (Å²) in [7, 11) is 0. The summed E-state index contributed by atoms with van der Waals surface area (Å²) < 4.78 is 13.5. The molecule has 8 nitrogen and oxygen atoms in total. The zero-order chi connectivity index (χ0) is 32.5. The standard InChI is InChI=1S/C38H46N2O6/c1-3-22-40(32-9-5-6-10-32)24-34-26(2)37(29-14-12-27(25-41)13-15-29)46-38(45-34)30-18-16-28(17-19-30)33-11-7-4-8-31(33)23-39-35(42)20-21-36(43)44/h3-4,7-8,11-19,26,32,34,37-38,41H,1,5-6,9-10,20-25H2,2H3,(H,39,42)(H,43,44)/t26-,34+,37+,38+/m0/s1. The van der Waals surface area contributed by atoms with Crippen molar-refractivity contribution in [3.05, 3.63) is 108 Å². The first-order valence-corrected chi connectivity index (χ1v) is 16.4. The van der Waals surface area contributed by atoms with Crippen molar-refractivity contribution in [2.45, 2.75) is 83.1 Å². The molecule has 0 aromatic heterocycles. The van der Waals surface area contributed by atoms with Crippen molar-refractivity contribution in [3.8, 4) is 11.1 Å². The summed E-state index contributed by atoms with van der Waals surface area (Å²) in [5.74, 6) is -1.18. The molecule has 1 aliphatic heterocycles. The first kappa shape index (κ1) is 33.5. The Hall–Kier alpha value is -3.82. The zero-order valence-corrected chi connectivity index (χ0v) is 26.6. The van der Waals surface area contributed by atoms with E-state index in [2.05, 4.69) is 23.7 Å². The van der Waals surface area contributed by atoms with Gasteiger partial charge in [0, 0.05) is 43.6 Å². The number of nitrogens with zero attached hydrogens (tertiary/aromatic N) is 1. The van der Waals surface area contributed by atoms with Gasteiger partial charge in [0.2, 0.25) is 5.91 Å². The van der Waals surface area contributed by atoms with Crippen molar-refractivity contribution in [2.24, 2.45) is 5.92 Å². The van der Waals surface area contributed by atoms with Gasteiger partial charge in [-0.05, 0) is 40.7 Å². The quantitative estimate of drug-likeness (QED) is 0.174. The van der Waals surface area contributed by atoms with Gasteiger partial charge in [-0.15, -0.1) is 6.58 Å². The van der Waals surface area contributed by atoms with Gasteiger partial charge in [0.1, 0.15) is 0 Å². The molecule has 244 valence electrons. The van der Waals surface area contributed by atoms with Gasteiger partial charge in [-0.3, -0.25) is 14.5 Å². The van der Waals surface area contributed by atoms with E-state index in [1.165, 1.54) is 25.7 Å². The van der Waals surface area contributed by atoms with E-state index in [1.54, 1.807) is 0 Å². The van der Waals surface area contributed by atoms with E-state index >= 15 is 0 Å². The van der Waals surface area contributed by atoms with E-state index in [0.717, 1.165) is 46.5 Å². The van der Waals surface area contributed by atoms with Crippen LogP contribution in [0.3, 0.4) is 0 Å². The number of amides is 1. The van der Waals surface area contributed by atoms with Crippen LogP contribution in [0, 0.1) is 5.92 Å². The Morgan fingerprint density at radius 3 is 2.33 bits per heavy atom. The Labute approximate surface area is 272 Å². The fourth-order valence-electron chi connectivity index (χ4n) is 6.65. The molecule has 8 heteroatoms. The number of carboxylic acid groups (broad SMARTS) is 1. The molecule has 3 aromatic carbocycles. The first-order chi connectivity index (χ1) is 22.4. The number of aliphatic carboxylic acids is 1. The highest BCUT2D eigenvalue weighted by Crippen LogP contribution is 2.42. The number of aliphatic hydroxyl groups is 1. The normalized spacial score (nSPS) is 21.7. The Kier molecular flexibility index (Phi) is 11.8. The maximum Gasteiger partial charge on any atom is 0.303 e. The number of rotatable bonds is 14. The number of nitrogens with one attached hydrogen (secondary N) is 1. The van der Waals surface area contributed by atoms with Crippen LogP contribution in [0.2, 0.25) is 0 Å². The highest BCUT2D eigenvalue weighted by atomic mass is 16.7. The van der Waals surface area contributed by atoms with Gasteiger partial charge in [-0.1, -0.05) is 98.6 Å². The smallest absolute Gasteiger partial charge is 0.303 e. The van der Waals surface area contributed by atoms with Gasteiger partial charge in [-0.25, -0.2) is 0 Å². The number of benzene rings is 3. The van der Waals surface area contributed by atoms with Crippen LogP contribution in [0.15, 0.2) is 85.5 Å². The lowest BCUT2D eigenvalue weighted by molar-refractivity contribution is -0.276. The van der Waals surface area contributed by atoms with E-state index in [1.807, 2.05) is 78.9 Å². The van der Waals surface area contributed by atoms with Crippen LogP contribution in [0.25, 0.3) is 11.1 Å². The summed E-state index contributed by atoms with van der Waals surface area (Å²) in [5, 5.41) is 21.3. The number of carbonyl (C=O) groups is 2. The molecule has 0 spiro atoms. The molecule has 3 aromatic rings. The Morgan fingerprint density at radius 2 is 1.65 bits per heavy atom. The Balaban J connectivity index is 1.36. The summed E-state index contributed by atoms with van der Waals surface area (Å²) in [6, 6.07) is 24.6. The molecule has 1 aliphatic carbocycles. The number of carboxylic acids is 1. The number of aliphatic hydroxyl groups excluding tert-OH is 1. The summed E-state index contributed by atoms with van der Waals surface area (Å²) >= 11 is 0. The van der Waals surface area contributed by atoms with E-state index in [4.69, 9.17) is 14.6 Å². The Morgan fingerprint density at radius 1 is 0.957 bits per heavy atom. The molecule has 1 saturated heterocycles. The number of hydrogen-bond acceptors (Lipinski definition) is 6. The van der Waals surface area contributed by atoms with Crippen molar-refractivity contribution in [3.63, 3.8) is 0 Å². The maximum absolute atomic E-state index is 12.2. The fourth-order valence-corrected chi connectivity index (χ4v) is 6.65. The molecule has 0 radical (unpaired) electrons. The minimum absolute atomic E-state index is 0.000189. The monoisotopic (exact) mass is 626 g/mol. The zero-order valence-electron chi connectivity index (χ0n) is 26.6. The molecule has 0 unspecified atom stereocenters. The van der Waals surface area contributed by atoms with E-state index < -0.39 is 12.3 Å².